The van der Waals surface area contributed by atoms with Crippen LogP contribution in [-0.4, -0.2) is 24.0 Å². The fourth-order valence-corrected chi connectivity index (χ4v) is 3.53. The number of nitrogens with two attached hydrogens (primary N) is 1. The molecule has 3 rings (SSSR count). The maximum Gasteiger partial charge on any atom is 0.314 e. The molecule has 3 nitrogen and oxygen atoms in total. The van der Waals surface area contributed by atoms with Gasteiger partial charge in [0.2, 0.25) is 0 Å². The lowest BCUT2D eigenvalue weighted by molar-refractivity contribution is 0.174. The SMILES string of the molecule is NC(=O)N1CCC(C(c2ccc(F)cc2)c2ccc(F)cc2)CC1. The van der Waals surface area contributed by atoms with Crippen molar-refractivity contribution in [1.82, 2.24) is 4.90 Å². The van der Waals surface area contributed by atoms with Crippen molar-refractivity contribution >= 4 is 6.03 Å². The second-order valence-electron chi connectivity index (χ2n) is 6.24. The molecular formula is C19H20F2N2O. The first kappa shape index (κ1) is 16.4. The first-order valence-electron chi connectivity index (χ1n) is 8.10. The van der Waals surface area contributed by atoms with E-state index in [2.05, 4.69) is 0 Å². The maximum absolute atomic E-state index is 13.3. The molecule has 2 amide bonds. The number of nitrogens with zero attached hydrogens (tertiary/aromatic N) is 1. The fourth-order valence-electron chi connectivity index (χ4n) is 3.53. The summed E-state index contributed by atoms with van der Waals surface area (Å²) in [6.45, 7) is 1.22. The van der Waals surface area contributed by atoms with Gasteiger partial charge in [0.25, 0.3) is 0 Å². The molecule has 0 spiro atoms. The van der Waals surface area contributed by atoms with Gasteiger partial charge in [0.1, 0.15) is 11.6 Å². The molecule has 0 unspecified atom stereocenters. The zero-order valence-corrected chi connectivity index (χ0v) is 13.3. The minimum atomic E-state index is -0.395. The molecule has 0 saturated carbocycles. The van der Waals surface area contributed by atoms with Crippen LogP contribution in [0.1, 0.15) is 29.9 Å². The topological polar surface area (TPSA) is 46.3 Å². The summed E-state index contributed by atoms with van der Waals surface area (Å²) in [5.41, 5.74) is 7.35. The average molecular weight is 330 g/mol. The Morgan fingerprint density at radius 3 is 1.71 bits per heavy atom. The lowest BCUT2D eigenvalue weighted by atomic mass is 9.76. The predicted octanol–water partition coefficient (Wildman–Crippen LogP) is 3.89. The zero-order chi connectivity index (χ0) is 17.1. The van der Waals surface area contributed by atoms with Gasteiger partial charge in [-0.3, -0.25) is 0 Å². The molecule has 1 heterocycles. The number of carbonyl (C=O) groups is 1. The van der Waals surface area contributed by atoms with Crippen molar-refractivity contribution in [1.29, 1.82) is 0 Å². The quantitative estimate of drug-likeness (QED) is 0.912. The van der Waals surface area contributed by atoms with E-state index in [1.165, 1.54) is 24.3 Å². The standard InChI is InChI=1S/C19H20F2N2O/c20-16-5-1-13(2-6-16)18(14-3-7-17(21)8-4-14)15-9-11-23(12-10-15)19(22)24/h1-8,15,18H,9-12H2,(H2,22,24). The third-order valence-corrected chi connectivity index (χ3v) is 4.78. The molecule has 0 radical (unpaired) electrons. The van der Waals surface area contributed by atoms with Crippen molar-refractivity contribution < 1.29 is 13.6 Å². The van der Waals surface area contributed by atoms with Gasteiger partial charge in [-0.1, -0.05) is 24.3 Å². The van der Waals surface area contributed by atoms with Crippen molar-refractivity contribution in [2.75, 3.05) is 13.1 Å². The van der Waals surface area contributed by atoms with Crippen molar-refractivity contribution in [2.45, 2.75) is 18.8 Å². The molecule has 2 N–H and O–H groups in total. The summed E-state index contributed by atoms with van der Waals surface area (Å²) >= 11 is 0. The molecule has 2 aromatic rings. The van der Waals surface area contributed by atoms with Gasteiger partial charge in [0.15, 0.2) is 0 Å². The zero-order valence-electron chi connectivity index (χ0n) is 13.3. The molecule has 1 saturated heterocycles. The maximum atomic E-state index is 13.3. The second kappa shape index (κ2) is 6.99. The van der Waals surface area contributed by atoms with E-state index >= 15 is 0 Å². The van der Waals surface area contributed by atoms with Gasteiger partial charge in [-0.2, -0.15) is 0 Å². The van der Waals surface area contributed by atoms with E-state index in [4.69, 9.17) is 5.73 Å². The van der Waals surface area contributed by atoms with Gasteiger partial charge in [0, 0.05) is 19.0 Å². The van der Waals surface area contributed by atoms with E-state index in [0.717, 1.165) is 24.0 Å². The number of rotatable bonds is 3. The third-order valence-electron chi connectivity index (χ3n) is 4.78. The first-order chi connectivity index (χ1) is 11.5. The summed E-state index contributed by atoms with van der Waals surface area (Å²) in [6, 6.07) is 12.5. The fraction of sp³-hybridized carbons (Fsp3) is 0.316. The van der Waals surface area contributed by atoms with Crippen LogP contribution in [0.4, 0.5) is 13.6 Å². The number of amides is 2. The number of halogens is 2. The molecule has 1 aliphatic heterocycles. The molecular weight excluding hydrogens is 310 g/mol. The smallest absolute Gasteiger partial charge is 0.314 e. The molecule has 24 heavy (non-hydrogen) atoms. The van der Waals surface area contributed by atoms with Crippen LogP contribution < -0.4 is 5.73 Å². The van der Waals surface area contributed by atoms with E-state index in [0.29, 0.717) is 13.1 Å². The van der Waals surface area contributed by atoms with Crippen molar-refractivity contribution in [3.63, 3.8) is 0 Å². The Labute approximate surface area is 140 Å². The number of hydrogen-bond acceptors (Lipinski definition) is 1. The van der Waals surface area contributed by atoms with Crippen molar-refractivity contribution in [2.24, 2.45) is 11.7 Å². The highest BCUT2D eigenvalue weighted by molar-refractivity contribution is 5.72. The summed E-state index contributed by atoms with van der Waals surface area (Å²) in [6.07, 6.45) is 1.62. The molecule has 5 heteroatoms. The van der Waals surface area contributed by atoms with Gasteiger partial charge >= 0.3 is 6.03 Å². The van der Waals surface area contributed by atoms with Gasteiger partial charge in [-0.15, -0.1) is 0 Å². The molecule has 0 aromatic heterocycles. The number of likely N-dealkylation sites (tertiary alicyclic amines) is 1. The van der Waals surface area contributed by atoms with Crippen LogP contribution in [0.5, 0.6) is 0 Å². The summed E-state index contributed by atoms with van der Waals surface area (Å²) in [7, 11) is 0. The predicted molar refractivity (Wildman–Crippen MR) is 88.5 cm³/mol. The summed E-state index contributed by atoms with van der Waals surface area (Å²) in [5.74, 6) is -0.224. The van der Waals surface area contributed by atoms with Crippen molar-refractivity contribution in [3.8, 4) is 0 Å². The Morgan fingerprint density at radius 2 is 1.33 bits per heavy atom. The minimum absolute atomic E-state index is 0.0428. The molecule has 1 fully saturated rings. The van der Waals surface area contributed by atoms with Crippen molar-refractivity contribution in [3.05, 3.63) is 71.3 Å². The van der Waals surface area contributed by atoms with Crippen LogP contribution in [0.15, 0.2) is 48.5 Å². The number of hydrogen-bond donors (Lipinski definition) is 1. The summed E-state index contributed by atoms with van der Waals surface area (Å²) in [5, 5.41) is 0. The molecule has 0 aliphatic carbocycles. The molecule has 2 aromatic carbocycles. The van der Waals surface area contributed by atoms with Crippen LogP contribution in [0.2, 0.25) is 0 Å². The van der Waals surface area contributed by atoms with Crippen LogP contribution in [0.25, 0.3) is 0 Å². The van der Waals surface area contributed by atoms with Gasteiger partial charge in [-0.05, 0) is 54.2 Å². The number of urea groups is 1. The first-order valence-corrected chi connectivity index (χ1v) is 8.10. The number of piperidine rings is 1. The highest BCUT2D eigenvalue weighted by atomic mass is 19.1. The number of benzene rings is 2. The minimum Gasteiger partial charge on any atom is -0.351 e. The Kier molecular flexibility index (Phi) is 4.79. The van der Waals surface area contributed by atoms with Gasteiger partial charge in [-0.25, -0.2) is 13.6 Å². The molecule has 0 atom stereocenters. The Bertz CT molecular complexity index is 647. The van der Waals surface area contributed by atoms with Crippen LogP contribution >= 0.6 is 0 Å². The van der Waals surface area contributed by atoms with E-state index in [1.54, 1.807) is 29.2 Å². The van der Waals surface area contributed by atoms with Crippen LogP contribution in [0.3, 0.4) is 0 Å². The van der Waals surface area contributed by atoms with Gasteiger partial charge < -0.3 is 10.6 Å². The number of primary amides is 1. The highest BCUT2D eigenvalue weighted by Crippen LogP contribution is 2.38. The average Bonchev–Trinajstić information content (AvgIpc) is 2.59. The molecule has 1 aliphatic rings. The van der Waals surface area contributed by atoms with E-state index in [-0.39, 0.29) is 23.5 Å². The lowest BCUT2D eigenvalue weighted by Gasteiger charge is -2.36. The van der Waals surface area contributed by atoms with Gasteiger partial charge in [0.05, 0.1) is 0 Å². The summed E-state index contributed by atoms with van der Waals surface area (Å²) < 4.78 is 26.6. The van der Waals surface area contributed by atoms with E-state index in [1.807, 2.05) is 0 Å². The van der Waals surface area contributed by atoms with Crippen LogP contribution in [0, 0.1) is 17.6 Å². The van der Waals surface area contributed by atoms with Crippen LogP contribution in [-0.2, 0) is 0 Å². The normalized spacial score (nSPS) is 15.7. The Balaban J connectivity index is 1.89. The number of carbonyl (C=O) groups excluding carboxylic acids is 1. The lowest BCUT2D eigenvalue weighted by Crippen LogP contribution is -2.42. The Hall–Kier alpha value is -2.43. The van der Waals surface area contributed by atoms with E-state index in [9.17, 15) is 13.6 Å². The summed E-state index contributed by atoms with van der Waals surface area (Å²) in [4.78, 5) is 13.0. The monoisotopic (exact) mass is 330 g/mol. The third kappa shape index (κ3) is 3.55. The Morgan fingerprint density at radius 1 is 0.917 bits per heavy atom. The largest absolute Gasteiger partial charge is 0.351 e. The van der Waals surface area contributed by atoms with E-state index < -0.39 is 6.03 Å². The molecule has 0 bridgehead atoms. The second-order valence-corrected chi connectivity index (χ2v) is 6.24. The highest BCUT2D eigenvalue weighted by Gasteiger charge is 2.30. The molecule has 126 valence electrons.